The van der Waals surface area contributed by atoms with Crippen molar-refractivity contribution in [3.05, 3.63) is 54.1 Å². The molecule has 0 fully saturated rings. The van der Waals surface area contributed by atoms with E-state index in [2.05, 4.69) is 31.7 Å². The van der Waals surface area contributed by atoms with Crippen LogP contribution in [0.1, 0.15) is 11.1 Å². The molecule has 1 aromatic carbocycles. The Morgan fingerprint density at radius 2 is 2.00 bits per heavy atom. The van der Waals surface area contributed by atoms with Crippen molar-refractivity contribution >= 4 is 6.08 Å². The minimum atomic E-state index is 1.26. The van der Waals surface area contributed by atoms with Gasteiger partial charge in [0, 0.05) is 0 Å². The van der Waals surface area contributed by atoms with Gasteiger partial charge in [0.05, 0.1) is 0 Å². The fraction of sp³-hybridized carbons (Fsp3) is 0.0909. The van der Waals surface area contributed by atoms with E-state index in [9.17, 15) is 0 Å². The summed E-state index contributed by atoms with van der Waals surface area (Å²) in [5, 5.41) is 0. The maximum Gasteiger partial charge on any atom is -0.0227 e. The molecule has 1 rings (SSSR count). The van der Waals surface area contributed by atoms with Gasteiger partial charge in [-0.05, 0) is 18.1 Å². The Labute approximate surface area is 67.9 Å². The van der Waals surface area contributed by atoms with Gasteiger partial charge in [-0.3, -0.25) is 0 Å². The number of hydrogen-bond acceptors (Lipinski definition) is 0. The van der Waals surface area contributed by atoms with E-state index in [-0.39, 0.29) is 0 Å². The van der Waals surface area contributed by atoms with Gasteiger partial charge >= 0.3 is 0 Å². The summed E-state index contributed by atoms with van der Waals surface area (Å²) in [5.74, 6) is 0. The standard InChI is InChI=1S/C11H12/c1-3-4-8-11-9-6-5-7-10(11)2/h3-9H,1H2,2H3. The van der Waals surface area contributed by atoms with Gasteiger partial charge in [-0.1, -0.05) is 49.1 Å². The Bertz CT molecular complexity index is 269. The fourth-order valence-electron chi connectivity index (χ4n) is 0.945. The topological polar surface area (TPSA) is 0 Å². The van der Waals surface area contributed by atoms with Crippen LogP contribution < -0.4 is 0 Å². The predicted molar refractivity (Wildman–Crippen MR) is 50.4 cm³/mol. The maximum absolute atomic E-state index is 3.62. The van der Waals surface area contributed by atoms with E-state index in [1.54, 1.807) is 6.08 Å². The third-order valence-corrected chi connectivity index (χ3v) is 1.60. The van der Waals surface area contributed by atoms with Crippen molar-refractivity contribution in [1.82, 2.24) is 0 Å². The highest BCUT2D eigenvalue weighted by molar-refractivity contribution is 5.54. The molecule has 0 unspecified atom stereocenters. The van der Waals surface area contributed by atoms with Crippen molar-refractivity contribution in [2.24, 2.45) is 0 Å². The Hall–Kier alpha value is -1.30. The average molecular weight is 144 g/mol. The van der Waals surface area contributed by atoms with Crippen molar-refractivity contribution < 1.29 is 0 Å². The van der Waals surface area contributed by atoms with E-state index < -0.39 is 0 Å². The summed E-state index contributed by atoms with van der Waals surface area (Å²) in [5.41, 5.74) is 2.55. The van der Waals surface area contributed by atoms with E-state index >= 15 is 0 Å². The van der Waals surface area contributed by atoms with Crippen LogP contribution in [0.4, 0.5) is 0 Å². The highest BCUT2D eigenvalue weighted by Gasteiger charge is 1.88. The van der Waals surface area contributed by atoms with Crippen LogP contribution in [0.15, 0.2) is 43.0 Å². The van der Waals surface area contributed by atoms with Crippen LogP contribution in [0.25, 0.3) is 6.08 Å². The molecule has 0 nitrogen and oxygen atoms in total. The normalized spacial score (nSPS) is 10.3. The zero-order chi connectivity index (χ0) is 8.10. The van der Waals surface area contributed by atoms with Crippen molar-refractivity contribution in [3.63, 3.8) is 0 Å². The average Bonchev–Trinajstić information content (AvgIpc) is 2.03. The number of rotatable bonds is 2. The van der Waals surface area contributed by atoms with Crippen LogP contribution >= 0.6 is 0 Å². The first-order chi connectivity index (χ1) is 5.34. The van der Waals surface area contributed by atoms with Crippen LogP contribution in [0, 0.1) is 6.92 Å². The van der Waals surface area contributed by atoms with Gasteiger partial charge in [-0.15, -0.1) is 0 Å². The molecule has 0 aliphatic carbocycles. The Balaban J connectivity index is 2.94. The molecule has 0 saturated heterocycles. The highest BCUT2D eigenvalue weighted by Crippen LogP contribution is 2.08. The summed E-state index contributed by atoms with van der Waals surface area (Å²) in [6.07, 6.45) is 5.79. The molecular formula is C11H12. The molecule has 0 saturated carbocycles. The molecule has 0 amide bonds. The summed E-state index contributed by atoms with van der Waals surface area (Å²) in [4.78, 5) is 0. The van der Waals surface area contributed by atoms with Crippen molar-refractivity contribution in [2.75, 3.05) is 0 Å². The predicted octanol–water partition coefficient (Wildman–Crippen LogP) is 3.19. The minimum absolute atomic E-state index is 1.26. The van der Waals surface area contributed by atoms with E-state index in [0.29, 0.717) is 0 Å². The first kappa shape index (κ1) is 7.80. The largest absolute Gasteiger partial charge is 0.0991 e. The SMILES string of the molecule is C=CC=Cc1ccccc1C. The lowest BCUT2D eigenvalue weighted by Gasteiger charge is -1.96. The van der Waals surface area contributed by atoms with Crippen molar-refractivity contribution in [2.45, 2.75) is 6.92 Å². The first-order valence-electron chi connectivity index (χ1n) is 3.69. The molecule has 0 aliphatic heterocycles. The summed E-state index contributed by atoms with van der Waals surface area (Å²) in [6.45, 7) is 5.72. The minimum Gasteiger partial charge on any atom is -0.0991 e. The maximum atomic E-state index is 3.62. The quantitative estimate of drug-likeness (QED) is 0.559. The van der Waals surface area contributed by atoms with Gasteiger partial charge in [0.2, 0.25) is 0 Å². The molecule has 0 bridgehead atoms. The van der Waals surface area contributed by atoms with E-state index in [1.165, 1.54) is 11.1 Å². The van der Waals surface area contributed by atoms with Gasteiger partial charge in [0.25, 0.3) is 0 Å². The Morgan fingerprint density at radius 1 is 1.27 bits per heavy atom. The lowest BCUT2D eigenvalue weighted by atomic mass is 10.1. The second-order valence-corrected chi connectivity index (χ2v) is 2.45. The van der Waals surface area contributed by atoms with E-state index in [4.69, 9.17) is 0 Å². The summed E-state index contributed by atoms with van der Waals surface area (Å²) in [6, 6.07) is 8.27. The summed E-state index contributed by atoms with van der Waals surface area (Å²) >= 11 is 0. The third kappa shape index (κ3) is 2.08. The van der Waals surface area contributed by atoms with Crippen LogP contribution in [0.3, 0.4) is 0 Å². The molecule has 0 spiro atoms. The van der Waals surface area contributed by atoms with Crippen molar-refractivity contribution in [3.8, 4) is 0 Å². The molecule has 11 heavy (non-hydrogen) atoms. The van der Waals surface area contributed by atoms with E-state index in [1.807, 2.05) is 18.2 Å². The number of hydrogen-bond donors (Lipinski definition) is 0. The van der Waals surface area contributed by atoms with Crippen molar-refractivity contribution in [1.29, 1.82) is 0 Å². The molecule has 0 radical (unpaired) electrons. The fourth-order valence-corrected chi connectivity index (χ4v) is 0.945. The highest BCUT2D eigenvalue weighted by atomic mass is 13.9. The van der Waals surface area contributed by atoms with E-state index in [0.717, 1.165) is 0 Å². The van der Waals surface area contributed by atoms with Crippen LogP contribution in [0.5, 0.6) is 0 Å². The lowest BCUT2D eigenvalue weighted by Crippen LogP contribution is -1.76. The number of allylic oxidation sites excluding steroid dienone is 2. The van der Waals surface area contributed by atoms with Gasteiger partial charge in [-0.25, -0.2) is 0 Å². The summed E-state index contributed by atoms with van der Waals surface area (Å²) in [7, 11) is 0. The van der Waals surface area contributed by atoms with Gasteiger partial charge in [-0.2, -0.15) is 0 Å². The zero-order valence-electron chi connectivity index (χ0n) is 6.75. The van der Waals surface area contributed by atoms with Crippen LogP contribution in [-0.4, -0.2) is 0 Å². The molecule has 0 heterocycles. The monoisotopic (exact) mass is 144 g/mol. The van der Waals surface area contributed by atoms with Gasteiger partial charge < -0.3 is 0 Å². The number of aryl methyl sites for hydroxylation is 1. The van der Waals surface area contributed by atoms with Gasteiger partial charge in [0.1, 0.15) is 0 Å². The van der Waals surface area contributed by atoms with Crippen LogP contribution in [0.2, 0.25) is 0 Å². The molecule has 0 atom stereocenters. The molecule has 0 aliphatic rings. The first-order valence-corrected chi connectivity index (χ1v) is 3.69. The molecule has 0 heteroatoms. The molecule has 1 aromatic rings. The Morgan fingerprint density at radius 3 is 2.64 bits per heavy atom. The number of benzene rings is 1. The zero-order valence-corrected chi connectivity index (χ0v) is 6.75. The van der Waals surface area contributed by atoms with Gasteiger partial charge in [0.15, 0.2) is 0 Å². The van der Waals surface area contributed by atoms with Crippen LogP contribution in [-0.2, 0) is 0 Å². The molecular weight excluding hydrogens is 132 g/mol. The second kappa shape index (κ2) is 3.77. The third-order valence-electron chi connectivity index (χ3n) is 1.60. The lowest BCUT2D eigenvalue weighted by molar-refractivity contribution is 1.44. The molecule has 56 valence electrons. The molecule has 0 aromatic heterocycles. The molecule has 0 N–H and O–H groups in total. The second-order valence-electron chi connectivity index (χ2n) is 2.45. The summed E-state index contributed by atoms with van der Waals surface area (Å²) < 4.78 is 0. The smallest absolute Gasteiger partial charge is 0.0227 e. The Kier molecular flexibility index (Phi) is 2.67.